The monoisotopic (exact) mass is 390 g/mol. The minimum Gasteiger partial charge on any atom is -0.306 e. The molecular formula is C17H15IN2O. The van der Waals surface area contributed by atoms with Crippen molar-refractivity contribution in [2.45, 2.75) is 19.8 Å². The van der Waals surface area contributed by atoms with Crippen LogP contribution in [-0.4, -0.2) is 9.97 Å². The van der Waals surface area contributed by atoms with Crippen molar-refractivity contribution in [1.29, 1.82) is 0 Å². The molecule has 0 aliphatic heterocycles. The van der Waals surface area contributed by atoms with E-state index in [1.807, 2.05) is 24.3 Å². The maximum absolute atomic E-state index is 12.2. The summed E-state index contributed by atoms with van der Waals surface area (Å²) in [5.74, 6) is 0.855. The van der Waals surface area contributed by atoms with Crippen LogP contribution in [0.25, 0.3) is 22.2 Å². The molecule has 0 fully saturated rings. The fraction of sp³-hybridized carbons (Fsp3) is 0.176. The van der Waals surface area contributed by atoms with E-state index in [9.17, 15) is 4.79 Å². The van der Waals surface area contributed by atoms with E-state index in [1.165, 1.54) is 0 Å². The zero-order chi connectivity index (χ0) is 15.0. The van der Waals surface area contributed by atoms with Gasteiger partial charge in [-0.05, 0) is 39.3 Å². The van der Waals surface area contributed by atoms with Crippen molar-refractivity contribution in [2.75, 3.05) is 0 Å². The van der Waals surface area contributed by atoms with E-state index in [2.05, 4.69) is 64.6 Å². The highest BCUT2D eigenvalue weighted by atomic mass is 127. The molecule has 0 spiro atoms. The van der Waals surface area contributed by atoms with Crippen molar-refractivity contribution in [3.63, 3.8) is 0 Å². The molecule has 0 aliphatic rings. The summed E-state index contributed by atoms with van der Waals surface area (Å²) in [7, 11) is 0. The largest absolute Gasteiger partial charge is 0.306 e. The maximum atomic E-state index is 12.2. The third-order valence-corrected chi connectivity index (χ3v) is 4.52. The summed E-state index contributed by atoms with van der Waals surface area (Å²) in [4.78, 5) is 19.8. The number of halogens is 1. The Balaban J connectivity index is 2.31. The van der Waals surface area contributed by atoms with E-state index in [0.717, 1.165) is 22.0 Å². The second-order valence-electron chi connectivity index (χ2n) is 5.30. The van der Waals surface area contributed by atoms with Gasteiger partial charge in [-0.2, -0.15) is 0 Å². The number of aromatic amines is 1. The number of aromatic nitrogens is 2. The molecule has 106 valence electrons. The first-order chi connectivity index (χ1) is 10.1. The van der Waals surface area contributed by atoms with Gasteiger partial charge in [0.25, 0.3) is 5.56 Å². The van der Waals surface area contributed by atoms with Crippen molar-refractivity contribution in [1.82, 2.24) is 9.97 Å². The van der Waals surface area contributed by atoms with Gasteiger partial charge in [-0.15, -0.1) is 0 Å². The van der Waals surface area contributed by atoms with Crippen LogP contribution in [0.4, 0.5) is 0 Å². The quantitative estimate of drug-likeness (QED) is 0.663. The molecule has 0 radical (unpaired) electrons. The summed E-state index contributed by atoms with van der Waals surface area (Å²) in [6, 6.07) is 14.2. The second-order valence-corrected chi connectivity index (χ2v) is 6.37. The van der Waals surface area contributed by atoms with Crippen molar-refractivity contribution in [3.8, 4) is 11.4 Å². The molecule has 2 aromatic carbocycles. The molecule has 0 amide bonds. The molecule has 0 saturated heterocycles. The van der Waals surface area contributed by atoms with Gasteiger partial charge in [0.2, 0.25) is 0 Å². The van der Waals surface area contributed by atoms with Crippen LogP contribution in [0.5, 0.6) is 0 Å². The predicted molar refractivity (Wildman–Crippen MR) is 94.6 cm³/mol. The Kier molecular flexibility index (Phi) is 3.80. The summed E-state index contributed by atoms with van der Waals surface area (Å²) < 4.78 is 0.673. The fourth-order valence-electron chi connectivity index (χ4n) is 2.42. The fourth-order valence-corrected chi connectivity index (χ4v) is 3.30. The molecule has 3 rings (SSSR count). The average Bonchev–Trinajstić information content (AvgIpc) is 2.49. The third kappa shape index (κ3) is 2.60. The van der Waals surface area contributed by atoms with Gasteiger partial charge in [0.1, 0.15) is 5.82 Å². The van der Waals surface area contributed by atoms with E-state index < -0.39 is 0 Å². The molecule has 0 aliphatic carbocycles. The van der Waals surface area contributed by atoms with Crippen molar-refractivity contribution >= 4 is 33.4 Å². The number of nitrogens with zero attached hydrogens (tertiary/aromatic N) is 1. The van der Waals surface area contributed by atoms with Gasteiger partial charge in [-0.1, -0.05) is 56.3 Å². The van der Waals surface area contributed by atoms with E-state index in [1.54, 1.807) is 0 Å². The van der Waals surface area contributed by atoms with Gasteiger partial charge < -0.3 is 4.98 Å². The zero-order valence-corrected chi connectivity index (χ0v) is 14.0. The molecule has 1 heterocycles. The maximum Gasteiger partial charge on any atom is 0.264 e. The Labute approximate surface area is 136 Å². The highest BCUT2D eigenvalue weighted by molar-refractivity contribution is 14.1. The Morgan fingerprint density at radius 1 is 1.10 bits per heavy atom. The van der Waals surface area contributed by atoms with Gasteiger partial charge in [0, 0.05) is 5.56 Å². The third-order valence-electron chi connectivity index (χ3n) is 3.48. The minimum absolute atomic E-state index is 0.0720. The lowest BCUT2D eigenvalue weighted by Gasteiger charge is -2.11. The summed E-state index contributed by atoms with van der Waals surface area (Å²) in [5.41, 5.74) is 1.74. The molecule has 21 heavy (non-hydrogen) atoms. The van der Waals surface area contributed by atoms with Crippen LogP contribution >= 0.6 is 22.6 Å². The Hall–Kier alpha value is -1.69. The Morgan fingerprint density at radius 3 is 2.57 bits per heavy atom. The van der Waals surface area contributed by atoms with Crippen LogP contribution in [0.2, 0.25) is 0 Å². The molecule has 3 nitrogen and oxygen atoms in total. The SMILES string of the molecule is CC(C)c1nc(-c2cccc3ccccc23)[nH]c(=O)c1I. The van der Waals surface area contributed by atoms with E-state index in [-0.39, 0.29) is 11.5 Å². The highest BCUT2D eigenvalue weighted by Gasteiger charge is 2.14. The van der Waals surface area contributed by atoms with Crippen LogP contribution in [0, 0.1) is 3.57 Å². The summed E-state index contributed by atoms with van der Waals surface area (Å²) >= 11 is 2.07. The zero-order valence-electron chi connectivity index (χ0n) is 11.9. The van der Waals surface area contributed by atoms with Gasteiger partial charge >= 0.3 is 0 Å². The van der Waals surface area contributed by atoms with Gasteiger partial charge in [-0.25, -0.2) is 4.98 Å². The summed E-state index contributed by atoms with van der Waals surface area (Å²) in [6.07, 6.45) is 0. The average molecular weight is 390 g/mol. The lowest BCUT2D eigenvalue weighted by Crippen LogP contribution is -2.17. The number of rotatable bonds is 2. The van der Waals surface area contributed by atoms with Crippen molar-refractivity contribution < 1.29 is 0 Å². The lowest BCUT2D eigenvalue weighted by atomic mass is 10.0. The molecule has 1 N–H and O–H groups in total. The molecule has 1 aromatic heterocycles. The number of H-pyrrole nitrogens is 1. The topological polar surface area (TPSA) is 45.8 Å². The van der Waals surface area contributed by atoms with Gasteiger partial charge in [-0.3, -0.25) is 4.79 Å². The molecular weight excluding hydrogens is 375 g/mol. The normalized spacial score (nSPS) is 11.2. The van der Waals surface area contributed by atoms with E-state index >= 15 is 0 Å². The van der Waals surface area contributed by atoms with Crippen LogP contribution in [0.3, 0.4) is 0 Å². The summed E-state index contributed by atoms with van der Waals surface area (Å²) in [6.45, 7) is 4.10. The first-order valence-corrected chi connectivity index (χ1v) is 7.93. The Bertz CT molecular complexity index is 863. The van der Waals surface area contributed by atoms with Gasteiger partial charge in [0.15, 0.2) is 0 Å². The molecule has 0 bridgehead atoms. The standard InChI is InChI=1S/C17H15IN2O/c1-10(2)15-14(18)17(21)20-16(19-15)13-9-5-7-11-6-3-4-8-12(11)13/h3-10H,1-2H3,(H,19,20,21). The number of hydrogen-bond acceptors (Lipinski definition) is 2. The number of fused-ring (bicyclic) bond motifs is 1. The Morgan fingerprint density at radius 2 is 1.81 bits per heavy atom. The van der Waals surface area contributed by atoms with Crippen LogP contribution in [0.15, 0.2) is 47.3 Å². The van der Waals surface area contributed by atoms with Crippen molar-refractivity contribution in [2.24, 2.45) is 0 Å². The van der Waals surface area contributed by atoms with Crippen LogP contribution in [-0.2, 0) is 0 Å². The first-order valence-electron chi connectivity index (χ1n) is 6.86. The molecule has 0 atom stereocenters. The van der Waals surface area contributed by atoms with E-state index in [0.29, 0.717) is 9.39 Å². The number of benzene rings is 2. The van der Waals surface area contributed by atoms with Crippen LogP contribution in [0.1, 0.15) is 25.5 Å². The lowest BCUT2D eigenvalue weighted by molar-refractivity contribution is 0.803. The molecule has 0 saturated carbocycles. The van der Waals surface area contributed by atoms with E-state index in [4.69, 9.17) is 0 Å². The molecule has 0 unspecified atom stereocenters. The number of hydrogen-bond donors (Lipinski definition) is 1. The highest BCUT2D eigenvalue weighted by Crippen LogP contribution is 2.27. The van der Waals surface area contributed by atoms with Crippen molar-refractivity contribution in [3.05, 3.63) is 62.1 Å². The number of nitrogens with one attached hydrogen (secondary N) is 1. The predicted octanol–water partition coefficient (Wildman–Crippen LogP) is 4.32. The minimum atomic E-state index is -0.0720. The van der Waals surface area contributed by atoms with Gasteiger partial charge in [0.05, 0.1) is 9.26 Å². The molecule has 3 aromatic rings. The molecule has 4 heteroatoms. The first kappa shape index (κ1) is 14.3. The van der Waals surface area contributed by atoms with Crippen LogP contribution < -0.4 is 5.56 Å². The smallest absolute Gasteiger partial charge is 0.264 e. The second kappa shape index (κ2) is 5.60. The summed E-state index contributed by atoms with van der Waals surface area (Å²) in [5, 5.41) is 2.24.